The van der Waals surface area contributed by atoms with Gasteiger partial charge in [-0.3, -0.25) is 0 Å². The molecule has 0 radical (unpaired) electrons. The maximum Gasteiger partial charge on any atom is 2.00 e. The van der Waals surface area contributed by atoms with E-state index in [1.54, 1.807) is 0 Å². The summed E-state index contributed by atoms with van der Waals surface area (Å²) in [6.45, 7) is 0. The number of rotatable bonds is 6. The van der Waals surface area contributed by atoms with E-state index in [1.807, 2.05) is 60.7 Å². The van der Waals surface area contributed by atoms with Crippen LogP contribution >= 0.6 is 15.8 Å². The summed E-state index contributed by atoms with van der Waals surface area (Å²) < 4.78 is 0. The van der Waals surface area contributed by atoms with Crippen molar-refractivity contribution < 1.29 is 38.1 Å². The van der Waals surface area contributed by atoms with Gasteiger partial charge in [-0.15, -0.1) is 24.3 Å². The van der Waals surface area contributed by atoms with Crippen LogP contribution in [0.1, 0.15) is 0 Å². The van der Waals surface area contributed by atoms with Gasteiger partial charge in [-0.2, -0.15) is 9.79 Å². The van der Waals surface area contributed by atoms with Crippen molar-refractivity contribution in [2.24, 2.45) is 0 Å². The topological polar surface area (TPSA) is 0 Å². The standard InChI is InChI=1S/2C17H15P.2C6H6S.Fe.Pt/c2*1-3-9-15(10-4-1)18(17-13-7-8-14-17)16-11-5-2-6-12-16;2*7-6-4-2-1-3-5-6;;/h2*1-14,18H;2*1-5,7H;;/q;;;;;+2/p-2. The largest absolute Gasteiger partial charge is 2.00 e. The second kappa shape index (κ2) is 24.7. The van der Waals surface area contributed by atoms with Crippen LogP contribution in [0, 0.1) is 0 Å². The summed E-state index contributed by atoms with van der Waals surface area (Å²) in [7, 11) is -1.67. The Labute approximate surface area is 348 Å². The third kappa shape index (κ3) is 14.2. The van der Waals surface area contributed by atoms with E-state index in [0.717, 1.165) is 9.79 Å². The Morgan fingerprint density at radius 1 is 0.288 bits per heavy atom. The van der Waals surface area contributed by atoms with Gasteiger partial charge < -0.3 is 25.3 Å². The molecule has 0 unspecified atom stereocenters. The molecule has 0 N–H and O–H groups in total. The smallest absolute Gasteiger partial charge is 0.780 e. The monoisotopic (exact) mass is 969 g/mol. The van der Waals surface area contributed by atoms with Crippen molar-refractivity contribution in [1.82, 2.24) is 0 Å². The van der Waals surface area contributed by atoms with E-state index in [1.165, 1.54) is 31.8 Å². The fourth-order valence-corrected chi connectivity index (χ4v) is 10.8. The first-order valence-electron chi connectivity index (χ1n) is 16.5. The Morgan fingerprint density at radius 3 is 0.654 bits per heavy atom. The van der Waals surface area contributed by atoms with Crippen LogP contribution in [0.2, 0.25) is 0 Å². The maximum atomic E-state index is 4.81. The van der Waals surface area contributed by atoms with Gasteiger partial charge in [0.2, 0.25) is 0 Å². The van der Waals surface area contributed by atoms with Crippen LogP contribution in [0.15, 0.2) is 240 Å². The molecule has 0 saturated carbocycles. The molecule has 0 fully saturated rings. The maximum absolute atomic E-state index is 4.81. The van der Waals surface area contributed by atoms with Crippen LogP contribution < -0.4 is 31.8 Å². The molecular formula is C46H40FeP2PtS2. The Bertz CT molecular complexity index is 1770. The Morgan fingerprint density at radius 2 is 0.481 bits per heavy atom. The second-order valence-electron chi connectivity index (χ2n) is 11.2. The second-order valence-corrected chi connectivity index (χ2v) is 17.1. The van der Waals surface area contributed by atoms with Gasteiger partial charge >= 0.3 is 21.1 Å². The zero-order valence-electron chi connectivity index (χ0n) is 28.4. The van der Waals surface area contributed by atoms with E-state index in [4.69, 9.17) is 25.3 Å². The summed E-state index contributed by atoms with van der Waals surface area (Å²) in [6.07, 6.45) is 0. The third-order valence-corrected chi connectivity index (χ3v) is 13.6. The van der Waals surface area contributed by atoms with E-state index < -0.39 is 15.8 Å². The Hall–Kier alpha value is -3.47. The van der Waals surface area contributed by atoms with Crippen LogP contribution in [0.5, 0.6) is 0 Å². The molecule has 0 amide bonds. The van der Waals surface area contributed by atoms with E-state index in [-0.39, 0.29) is 38.1 Å². The van der Waals surface area contributed by atoms with Crippen molar-refractivity contribution in [2.75, 3.05) is 0 Å². The van der Waals surface area contributed by atoms with Gasteiger partial charge in [-0.25, -0.2) is 24.3 Å². The van der Waals surface area contributed by atoms with Crippen molar-refractivity contribution in [1.29, 1.82) is 0 Å². The van der Waals surface area contributed by atoms with Gasteiger partial charge in [-0.05, 0) is 59.1 Å². The van der Waals surface area contributed by atoms with Crippen molar-refractivity contribution in [3.8, 4) is 0 Å². The quantitative estimate of drug-likeness (QED) is 0.0707. The third-order valence-electron chi connectivity index (χ3n) is 7.64. The first-order valence-corrected chi connectivity index (χ1v) is 20.3. The van der Waals surface area contributed by atoms with Gasteiger partial charge in [0, 0.05) is 32.9 Å². The Balaban J connectivity index is 0.000000201. The molecule has 52 heavy (non-hydrogen) atoms. The molecule has 6 heteroatoms. The summed E-state index contributed by atoms with van der Waals surface area (Å²) >= 11 is 9.62. The molecule has 8 aromatic carbocycles. The number of hydrogen-bond donors (Lipinski definition) is 0. The molecule has 8 rings (SSSR count). The van der Waals surface area contributed by atoms with E-state index in [0.29, 0.717) is 0 Å². The molecule has 0 aliphatic carbocycles. The van der Waals surface area contributed by atoms with Gasteiger partial charge in [0.1, 0.15) is 0 Å². The fraction of sp³-hybridized carbons (Fsp3) is 0. The minimum atomic E-state index is -0.834. The predicted molar refractivity (Wildman–Crippen MR) is 228 cm³/mol. The predicted octanol–water partition coefficient (Wildman–Crippen LogP) is 8.97. The summed E-state index contributed by atoms with van der Waals surface area (Å²) in [4.78, 5) is 1.81. The average molecular weight is 970 g/mol. The molecule has 0 aliphatic heterocycles. The molecule has 0 spiro atoms. The molecule has 8 aromatic rings. The molecule has 0 atom stereocenters. The van der Waals surface area contributed by atoms with Crippen molar-refractivity contribution in [3.63, 3.8) is 0 Å². The van der Waals surface area contributed by atoms with Gasteiger partial charge in [-0.1, -0.05) is 133 Å². The molecule has 0 saturated heterocycles. The van der Waals surface area contributed by atoms with Crippen molar-refractivity contribution in [2.45, 2.75) is 9.79 Å². The number of hydrogen-bond acceptors (Lipinski definition) is 2. The van der Waals surface area contributed by atoms with E-state index >= 15 is 0 Å². The summed E-state index contributed by atoms with van der Waals surface area (Å²) in [5, 5.41) is 8.69. The van der Waals surface area contributed by atoms with E-state index in [9.17, 15) is 0 Å². The van der Waals surface area contributed by atoms with Crippen LogP contribution in [0.4, 0.5) is 0 Å². The molecule has 0 heterocycles. The first-order chi connectivity index (χ1) is 24.7. The van der Waals surface area contributed by atoms with Gasteiger partial charge in [0.05, 0.1) is 21.2 Å². The molecule has 0 bridgehead atoms. The molecule has 0 aliphatic rings. The van der Waals surface area contributed by atoms with Crippen LogP contribution in [-0.4, -0.2) is 0 Å². The van der Waals surface area contributed by atoms with Crippen LogP contribution in [-0.2, 0) is 63.4 Å². The average Bonchev–Trinajstić information content (AvgIpc) is 3.91. The number of benzene rings is 6. The molecular weight excluding hydrogens is 930 g/mol. The van der Waals surface area contributed by atoms with Crippen molar-refractivity contribution >= 4 is 72.9 Å². The van der Waals surface area contributed by atoms with Crippen molar-refractivity contribution in [3.05, 3.63) is 231 Å². The summed E-state index contributed by atoms with van der Waals surface area (Å²) in [5.41, 5.74) is 0. The zero-order valence-corrected chi connectivity index (χ0v) is 35.4. The molecule has 264 valence electrons. The normalized spacial score (nSPS) is 9.73. The van der Waals surface area contributed by atoms with Crippen LogP contribution in [0.25, 0.3) is 0 Å². The van der Waals surface area contributed by atoms with Gasteiger partial charge in [0.25, 0.3) is 0 Å². The SMILES string of the molecule is [Fe].[Pt+2].[S-]c1ccccc1.[S-]c1ccccc1.c1ccc([PH+](c2ccccc2)[c-]2cccc2)cc1.c1ccc([PH+](c2ccccc2)[c-]2cccc2)cc1. The first kappa shape index (κ1) is 42.9. The Kier molecular flexibility index (Phi) is 20.4. The van der Waals surface area contributed by atoms with E-state index in [2.05, 4.69) is 170 Å². The molecule has 0 aromatic heterocycles. The minimum absolute atomic E-state index is 0. The summed E-state index contributed by atoms with van der Waals surface area (Å²) in [6, 6.07) is 80.1. The fourth-order valence-electron chi connectivity index (χ4n) is 5.34. The summed E-state index contributed by atoms with van der Waals surface area (Å²) in [5.74, 6) is 0. The zero-order chi connectivity index (χ0) is 34.6. The van der Waals surface area contributed by atoms with Gasteiger partial charge in [0.15, 0.2) is 0 Å². The molecule has 0 nitrogen and oxygen atoms in total. The van der Waals surface area contributed by atoms with Crippen LogP contribution in [0.3, 0.4) is 0 Å². The minimum Gasteiger partial charge on any atom is -0.780 e.